The molecule has 0 saturated carbocycles. The first-order valence-electron chi connectivity index (χ1n) is 7.11. The van der Waals surface area contributed by atoms with Crippen molar-refractivity contribution in [1.29, 1.82) is 0 Å². The highest BCUT2D eigenvalue weighted by Gasteiger charge is 2.32. The molecule has 0 aromatic heterocycles. The number of amides is 1. The fourth-order valence-corrected chi connectivity index (χ4v) is 3.71. The van der Waals surface area contributed by atoms with Crippen molar-refractivity contribution < 1.29 is 13.2 Å². The number of hydrogen-bond donors (Lipinski definition) is 2. The maximum atomic E-state index is 12.6. The molecule has 6 nitrogen and oxygen atoms in total. The van der Waals surface area contributed by atoms with Gasteiger partial charge in [-0.1, -0.05) is 6.07 Å². The molecule has 1 fully saturated rings. The Hall–Kier alpha value is -1.15. The molecule has 2 N–H and O–H groups in total. The Bertz CT molecular complexity index is 672. The Labute approximate surface area is 136 Å². The molecule has 0 spiro atoms. The SMILES string of the molecule is CNS(=O)(=O)c1ccc2c(c1)N(C(=O)C1CCNC1)CC2.Cl. The van der Waals surface area contributed by atoms with Crippen LogP contribution < -0.4 is 14.9 Å². The van der Waals surface area contributed by atoms with Gasteiger partial charge >= 0.3 is 0 Å². The summed E-state index contributed by atoms with van der Waals surface area (Å²) in [6.45, 7) is 2.21. The van der Waals surface area contributed by atoms with Crippen LogP contribution in [0, 0.1) is 5.92 Å². The highest BCUT2D eigenvalue weighted by atomic mass is 35.5. The van der Waals surface area contributed by atoms with Gasteiger partial charge in [0.2, 0.25) is 15.9 Å². The number of benzene rings is 1. The molecule has 2 aliphatic rings. The van der Waals surface area contributed by atoms with Crippen molar-refractivity contribution in [2.75, 3.05) is 31.6 Å². The largest absolute Gasteiger partial charge is 0.316 e. The molecule has 2 aliphatic heterocycles. The number of hydrogen-bond acceptors (Lipinski definition) is 4. The van der Waals surface area contributed by atoms with Crippen LogP contribution in [0.3, 0.4) is 0 Å². The van der Waals surface area contributed by atoms with Crippen molar-refractivity contribution >= 4 is 34.0 Å². The predicted octanol–water partition coefficient (Wildman–Crippen LogP) is 0.515. The van der Waals surface area contributed by atoms with Crippen molar-refractivity contribution in [1.82, 2.24) is 10.0 Å². The van der Waals surface area contributed by atoms with E-state index in [0.29, 0.717) is 13.1 Å². The van der Waals surface area contributed by atoms with Gasteiger partial charge in [0.15, 0.2) is 0 Å². The molecule has 1 amide bonds. The Morgan fingerprint density at radius 1 is 1.41 bits per heavy atom. The fourth-order valence-electron chi connectivity index (χ4n) is 2.96. The van der Waals surface area contributed by atoms with Gasteiger partial charge in [0.1, 0.15) is 0 Å². The Balaban J connectivity index is 0.00000176. The molecule has 0 aliphatic carbocycles. The molecule has 3 rings (SSSR count). The van der Waals surface area contributed by atoms with E-state index >= 15 is 0 Å². The van der Waals surface area contributed by atoms with Crippen LogP contribution >= 0.6 is 12.4 Å². The van der Waals surface area contributed by atoms with E-state index in [1.807, 2.05) is 0 Å². The van der Waals surface area contributed by atoms with Crippen LogP contribution in [0.5, 0.6) is 0 Å². The monoisotopic (exact) mass is 345 g/mol. The smallest absolute Gasteiger partial charge is 0.240 e. The standard InChI is InChI=1S/C14H19N3O3S.ClH/c1-15-21(19,20)12-3-2-10-5-7-17(13(10)8-12)14(18)11-4-6-16-9-11;/h2-3,8,11,15-16H,4-7,9H2,1H3;1H. The summed E-state index contributed by atoms with van der Waals surface area (Å²) in [4.78, 5) is 14.5. The lowest BCUT2D eigenvalue weighted by molar-refractivity contribution is -0.121. The number of nitrogens with one attached hydrogen (secondary N) is 2. The molecule has 1 aromatic carbocycles. The fraction of sp³-hybridized carbons (Fsp3) is 0.500. The molecule has 8 heteroatoms. The minimum atomic E-state index is -3.49. The molecule has 1 saturated heterocycles. The lowest BCUT2D eigenvalue weighted by Crippen LogP contribution is -2.35. The zero-order valence-corrected chi connectivity index (χ0v) is 14.0. The van der Waals surface area contributed by atoms with Crippen LogP contribution in [0.4, 0.5) is 5.69 Å². The maximum absolute atomic E-state index is 12.6. The summed E-state index contributed by atoms with van der Waals surface area (Å²) < 4.78 is 26.1. The number of halogens is 1. The van der Waals surface area contributed by atoms with Gasteiger partial charge in [-0.2, -0.15) is 0 Å². The Morgan fingerprint density at radius 3 is 2.82 bits per heavy atom. The first kappa shape index (κ1) is 17.2. The van der Waals surface area contributed by atoms with Gasteiger partial charge in [-0.25, -0.2) is 13.1 Å². The quantitative estimate of drug-likeness (QED) is 0.837. The first-order chi connectivity index (χ1) is 10.0. The minimum absolute atomic E-state index is 0. The second-order valence-electron chi connectivity index (χ2n) is 5.43. The van der Waals surface area contributed by atoms with E-state index in [0.717, 1.165) is 30.6 Å². The van der Waals surface area contributed by atoms with Gasteiger partial charge in [-0.15, -0.1) is 12.4 Å². The summed E-state index contributed by atoms with van der Waals surface area (Å²) in [6.07, 6.45) is 1.63. The number of nitrogens with zero attached hydrogens (tertiary/aromatic N) is 1. The van der Waals surface area contributed by atoms with E-state index in [4.69, 9.17) is 0 Å². The number of rotatable bonds is 3. The predicted molar refractivity (Wildman–Crippen MR) is 87.0 cm³/mol. The minimum Gasteiger partial charge on any atom is -0.316 e. The summed E-state index contributed by atoms with van der Waals surface area (Å²) in [7, 11) is -2.10. The molecule has 0 bridgehead atoms. The highest BCUT2D eigenvalue weighted by Crippen LogP contribution is 2.32. The third-order valence-corrected chi connectivity index (χ3v) is 5.62. The number of sulfonamides is 1. The Kier molecular flexibility index (Phi) is 5.11. The van der Waals surface area contributed by atoms with Crippen molar-refractivity contribution in [3.05, 3.63) is 23.8 Å². The number of fused-ring (bicyclic) bond motifs is 1. The average Bonchev–Trinajstić information content (AvgIpc) is 3.15. The van der Waals surface area contributed by atoms with E-state index in [2.05, 4.69) is 10.0 Å². The van der Waals surface area contributed by atoms with Gasteiger partial charge in [-0.3, -0.25) is 4.79 Å². The molecular weight excluding hydrogens is 326 g/mol. The van der Waals surface area contributed by atoms with Gasteiger partial charge in [0.25, 0.3) is 0 Å². The maximum Gasteiger partial charge on any atom is 0.240 e. The van der Waals surface area contributed by atoms with E-state index in [1.165, 1.54) is 7.05 Å². The van der Waals surface area contributed by atoms with Crippen LogP contribution in [0.2, 0.25) is 0 Å². The van der Waals surface area contributed by atoms with Gasteiger partial charge in [0.05, 0.1) is 10.8 Å². The summed E-state index contributed by atoms with van der Waals surface area (Å²) in [5.41, 5.74) is 1.77. The van der Waals surface area contributed by atoms with Crippen LogP contribution in [-0.2, 0) is 21.2 Å². The van der Waals surface area contributed by atoms with E-state index in [1.54, 1.807) is 23.1 Å². The van der Waals surface area contributed by atoms with Crippen LogP contribution in [0.1, 0.15) is 12.0 Å². The summed E-state index contributed by atoms with van der Waals surface area (Å²) in [5, 5.41) is 3.19. The topological polar surface area (TPSA) is 78.5 Å². The zero-order chi connectivity index (χ0) is 15.0. The van der Waals surface area contributed by atoms with Gasteiger partial charge in [-0.05, 0) is 44.1 Å². The second-order valence-corrected chi connectivity index (χ2v) is 7.31. The molecule has 1 atom stereocenters. The summed E-state index contributed by atoms with van der Waals surface area (Å²) in [6, 6.07) is 5.00. The average molecular weight is 346 g/mol. The molecule has 1 unspecified atom stereocenters. The zero-order valence-electron chi connectivity index (χ0n) is 12.3. The van der Waals surface area contributed by atoms with Crippen molar-refractivity contribution in [2.45, 2.75) is 17.7 Å². The summed E-state index contributed by atoms with van der Waals surface area (Å²) >= 11 is 0. The van der Waals surface area contributed by atoms with Crippen LogP contribution in [0.15, 0.2) is 23.1 Å². The third-order valence-electron chi connectivity index (χ3n) is 4.21. The van der Waals surface area contributed by atoms with Crippen molar-refractivity contribution in [2.24, 2.45) is 5.92 Å². The molecule has 0 radical (unpaired) electrons. The van der Waals surface area contributed by atoms with Crippen molar-refractivity contribution in [3.63, 3.8) is 0 Å². The molecule has 1 aromatic rings. The summed E-state index contributed by atoms with van der Waals surface area (Å²) in [5.74, 6) is 0.0956. The third kappa shape index (κ3) is 2.99. The normalized spacial score (nSPS) is 20.6. The molecule has 22 heavy (non-hydrogen) atoms. The molecule has 2 heterocycles. The Morgan fingerprint density at radius 2 is 2.18 bits per heavy atom. The van der Waals surface area contributed by atoms with E-state index in [-0.39, 0.29) is 29.1 Å². The lowest BCUT2D eigenvalue weighted by atomic mass is 10.1. The number of carbonyl (C=O) groups is 1. The highest BCUT2D eigenvalue weighted by molar-refractivity contribution is 7.89. The second kappa shape index (κ2) is 6.54. The number of anilines is 1. The van der Waals surface area contributed by atoms with Crippen LogP contribution in [0.25, 0.3) is 0 Å². The molecule has 122 valence electrons. The first-order valence-corrected chi connectivity index (χ1v) is 8.60. The van der Waals surface area contributed by atoms with E-state index in [9.17, 15) is 13.2 Å². The lowest BCUT2D eigenvalue weighted by Gasteiger charge is -2.21. The van der Waals surface area contributed by atoms with E-state index < -0.39 is 10.0 Å². The van der Waals surface area contributed by atoms with Crippen LogP contribution in [-0.4, -0.2) is 41.0 Å². The number of carbonyl (C=O) groups excluding carboxylic acids is 1. The van der Waals surface area contributed by atoms with Crippen molar-refractivity contribution in [3.8, 4) is 0 Å². The van der Waals surface area contributed by atoms with Gasteiger partial charge in [0, 0.05) is 18.8 Å². The molecular formula is C14H20ClN3O3S. The van der Waals surface area contributed by atoms with Gasteiger partial charge < -0.3 is 10.2 Å².